The lowest BCUT2D eigenvalue weighted by Crippen LogP contribution is -2.42. The van der Waals surface area contributed by atoms with Crippen LogP contribution in [0.15, 0.2) is 16.3 Å². The first-order valence-electron chi connectivity index (χ1n) is 6.25. The van der Waals surface area contributed by atoms with Crippen LogP contribution in [-0.4, -0.2) is 31.8 Å². The molecule has 1 aromatic heterocycles. The Balaban J connectivity index is 0.00000180. The molecular weight excluding hydrogens is 300 g/mol. The van der Waals surface area contributed by atoms with Gasteiger partial charge in [-0.1, -0.05) is 6.92 Å². The first-order chi connectivity index (χ1) is 8.64. The third-order valence-electron chi connectivity index (χ3n) is 3.54. The Labute approximate surface area is 129 Å². The third-order valence-corrected chi connectivity index (χ3v) is 5.36. The van der Waals surface area contributed by atoms with Crippen molar-refractivity contribution in [2.24, 2.45) is 5.41 Å². The Kier molecular flexibility index (Phi) is 6.66. The number of carbonyl (C=O) groups excluding carboxylic acids is 1. The predicted molar refractivity (Wildman–Crippen MR) is 85.9 cm³/mol. The van der Waals surface area contributed by atoms with Crippen molar-refractivity contribution in [3.05, 3.63) is 16.3 Å². The lowest BCUT2D eigenvalue weighted by molar-refractivity contribution is 0.0923. The van der Waals surface area contributed by atoms with Crippen molar-refractivity contribution in [2.75, 3.05) is 25.9 Å². The molecule has 2 N–H and O–H groups in total. The van der Waals surface area contributed by atoms with E-state index >= 15 is 0 Å². The van der Waals surface area contributed by atoms with Gasteiger partial charge in [-0.25, -0.2) is 0 Å². The van der Waals surface area contributed by atoms with Crippen LogP contribution in [0, 0.1) is 5.41 Å². The normalized spacial score (nSPS) is 17.6. The number of amides is 1. The highest BCUT2D eigenvalue weighted by atomic mass is 35.5. The van der Waals surface area contributed by atoms with E-state index < -0.39 is 0 Å². The topological polar surface area (TPSA) is 41.1 Å². The summed E-state index contributed by atoms with van der Waals surface area (Å²) < 4.78 is 0. The molecular formula is C13H21ClN2OS2. The zero-order valence-electron chi connectivity index (χ0n) is 11.3. The standard InChI is InChI=1S/C13H20N2OS2.ClH/c1-13(4-6-14-7-5-13)9-15-12(16)11-10(17-2)3-8-18-11;/h3,8,14H,4-7,9H2,1-2H3,(H,15,16);1H. The minimum Gasteiger partial charge on any atom is -0.351 e. The molecule has 0 spiro atoms. The van der Waals surface area contributed by atoms with E-state index in [1.807, 2.05) is 17.7 Å². The lowest BCUT2D eigenvalue weighted by Gasteiger charge is -2.34. The molecule has 2 heterocycles. The minimum atomic E-state index is 0. The predicted octanol–water partition coefficient (Wildman–Crippen LogP) is 3.01. The summed E-state index contributed by atoms with van der Waals surface area (Å²) in [7, 11) is 0. The third kappa shape index (κ3) is 4.38. The van der Waals surface area contributed by atoms with Gasteiger partial charge < -0.3 is 10.6 Å². The van der Waals surface area contributed by atoms with Crippen LogP contribution in [0.3, 0.4) is 0 Å². The molecule has 0 bridgehead atoms. The van der Waals surface area contributed by atoms with Gasteiger partial charge in [0.15, 0.2) is 0 Å². The maximum absolute atomic E-state index is 12.1. The number of carbonyl (C=O) groups is 1. The molecule has 6 heteroatoms. The number of nitrogens with one attached hydrogen (secondary N) is 2. The molecule has 1 amide bonds. The van der Waals surface area contributed by atoms with Crippen molar-refractivity contribution < 1.29 is 4.79 Å². The largest absolute Gasteiger partial charge is 0.351 e. The van der Waals surface area contributed by atoms with E-state index in [4.69, 9.17) is 0 Å². The van der Waals surface area contributed by atoms with E-state index in [1.165, 1.54) is 11.3 Å². The van der Waals surface area contributed by atoms with Crippen molar-refractivity contribution in [3.8, 4) is 0 Å². The fourth-order valence-corrected chi connectivity index (χ4v) is 3.87. The molecule has 0 unspecified atom stereocenters. The zero-order chi connectivity index (χ0) is 13.0. The Morgan fingerprint density at radius 3 is 2.84 bits per heavy atom. The molecule has 1 saturated heterocycles. The summed E-state index contributed by atoms with van der Waals surface area (Å²) >= 11 is 3.15. The van der Waals surface area contributed by atoms with E-state index in [0.717, 1.165) is 42.2 Å². The van der Waals surface area contributed by atoms with Crippen LogP contribution in [-0.2, 0) is 0 Å². The molecule has 0 saturated carbocycles. The van der Waals surface area contributed by atoms with Gasteiger partial charge >= 0.3 is 0 Å². The number of hydrogen-bond donors (Lipinski definition) is 2. The number of thiophene rings is 1. The summed E-state index contributed by atoms with van der Waals surface area (Å²) in [5.74, 6) is 0.0779. The summed E-state index contributed by atoms with van der Waals surface area (Å²) in [6.07, 6.45) is 4.27. The molecule has 0 atom stereocenters. The number of thioether (sulfide) groups is 1. The van der Waals surface area contributed by atoms with Crippen LogP contribution in [0.5, 0.6) is 0 Å². The second-order valence-electron chi connectivity index (χ2n) is 5.06. The van der Waals surface area contributed by atoms with Gasteiger partial charge in [-0.3, -0.25) is 4.79 Å². The van der Waals surface area contributed by atoms with Crippen molar-refractivity contribution in [1.82, 2.24) is 10.6 Å². The molecule has 108 valence electrons. The average molecular weight is 321 g/mol. The van der Waals surface area contributed by atoms with Gasteiger partial charge in [0.25, 0.3) is 5.91 Å². The average Bonchev–Trinajstić information content (AvgIpc) is 2.85. The molecule has 2 rings (SSSR count). The number of rotatable bonds is 4. The summed E-state index contributed by atoms with van der Waals surface area (Å²) in [5.41, 5.74) is 0.248. The highest BCUT2D eigenvalue weighted by Gasteiger charge is 2.27. The quantitative estimate of drug-likeness (QED) is 0.838. The maximum Gasteiger partial charge on any atom is 0.262 e. The Morgan fingerprint density at radius 1 is 1.53 bits per heavy atom. The maximum atomic E-state index is 12.1. The van der Waals surface area contributed by atoms with Crippen LogP contribution < -0.4 is 10.6 Å². The highest BCUT2D eigenvalue weighted by molar-refractivity contribution is 7.98. The molecule has 0 aromatic carbocycles. The fourth-order valence-electron chi connectivity index (χ4n) is 2.20. The minimum absolute atomic E-state index is 0. The first kappa shape index (κ1) is 16.8. The van der Waals surface area contributed by atoms with Crippen LogP contribution in [0.4, 0.5) is 0 Å². The molecule has 1 aromatic rings. The Morgan fingerprint density at radius 2 is 2.21 bits per heavy atom. The summed E-state index contributed by atoms with van der Waals surface area (Å²) in [6, 6.07) is 2.01. The Bertz CT molecular complexity index is 417. The van der Waals surface area contributed by atoms with Crippen LogP contribution in [0.25, 0.3) is 0 Å². The van der Waals surface area contributed by atoms with Gasteiger partial charge in [0.05, 0.1) is 0 Å². The fraction of sp³-hybridized carbons (Fsp3) is 0.615. The van der Waals surface area contributed by atoms with Crippen molar-refractivity contribution in [1.29, 1.82) is 0 Å². The molecule has 1 aliphatic heterocycles. The van der Waals surface area contributed by atoms with Crippen molar-refractivity contribution in [3.63, 3.8) is 0 Å². The van der Waals surface area contributed by atoms with Gasteiger partial charge in [-0.05, 0) is 49.0 Å². The summed E-state index contributed by atoms with van der Waals surface area (Å²) in [6.45, 7) is 5.15. The first-order valence-corrected chi connectivity index (χ1v) is 8.35. The Hall–Kier alpha value is -0.230. The van der Waals surface area contributed by atoms with Gasteiger partial charge in [0.1, 0.15) is 4.88 Å². The SMILES string of the molecule is CSc1ccsc1C(=O)NCC1(C)CCNCC1.Cl. The molecule has 0 radical (unpaired) electrons. The van der Waals surface area contributed by atoms with Crippen LogP contribution in [0.2, 0.25) is 0 Å². The molecule has 0 aliphatic carbocycles. The van der Waals surface area contributed by atoms with Gasteiger partial charge in [0, 0.05) is 11.4 Å². The molecule has 1 fully saturated rings. The zero-order valence-corrected chi connectivity index (χ0v) is 13.8. The second kappa shape index (κ2) is 7.53. The number of piperidine rings is 1. The van der Waals surface area contributed by atoms with Gasteiger partial charge in [-0.2, -0.15) is 0 Å². The van der Waals surface area contributed by atoms with E-state index in [2.05, 4.69) is 17.6 Å². The van der Waals surface area contributed by atoms with E-state index in [0.29, 0.717) is 0 Å². The van der Waals surface area contributed by atoms with E-state index in [1.54, 1.807) is 11.8 Å². The summed E-state index contributed by atoms with van der Waals surface area (Å²) in [4.78, 5) is 14.1. The second-order valence-corrected chi connectivity index (χ2v) is 6.83. The van der Waals surface area contributed by atoms with E-state index in [9.17, 15) is 4.79 Å². The smallest absolute Gasteiger partial charge is 0.262 e. The number of hydrogen-bond acceptors (Lipinski definition) is 4. The summed E-state index contributed by atoms with van der Waals surface area (Å²) in [5, 5.41) is 8.44. The lowest BCUT2D eigenvalue weighted by atomic mass is 9.81. The van der Waals surface area contributed by atoms with Crippen molar-refractivity contribution in [2.45, 2.75) is 24.7 Å². The van der Waals surface area contributed by atoms with Crippen molar-refractivity contribution >= 4 is 41.4 Å². The van der Waals surface area contributed by atoms with Gasteiger partial charge in [-0.15, -0.1) is 35.5 Å². The monoisotopic (exact) mass is 320 g/mol. The van der Waals surface area contributed by atoms with Crippen LogP contribution in [0.1, 0.15) is 29.4 Å². The molecule has 1 aliphatic rings. The van der Waals surface area contributed by atoms with E-state index in [-0.39, 0.29) is 23.7 Å². The molecule has 19 heavy (non-hydrogen) atoms. The highest BCUT2D eigenvalue weighted by Crippen LogP contribution is 2.28. The van der Waals surface area contributed by atoms with Crippen LogP contribution >= 0.6 is 35.5 Å². The number of halogens is 1. The van der Waals surface area contributed by atoms with Gasteiger partial charge in [0.2, 0.25) is 0 Å². The molecule has 3 nitrogen and oxygen atoms in total.